The molecular formula is C22H25N3. The molecule has 0 aliphatic carbocycles. The van der Waals surface area contributed by atoms with Gasteiger partial charge in [0.2, 0.25) is 0 Å². The van der Waals surface area contributed by atoms with Gasteiger partial charge in [0.15, 0.2) is 5.82 Å². The molecule has 1 atom stereocenters. The molecule has 0 radical (unpaired) electrons. The smallest absolute Gasteiger partial charge is 0.159 e. The Morgan fingerprint density at radius 1 is 0.960 bits per heavy atom. The fourth-order valence-corrected chi connectivity index (χ4v) is 3.81. The normalized spacial score (nSPS) is 17.9. The van der Waals surface area contributed by atoms with E-state index in [9.17, 15) is 0 Å². The molecule has 3 aromatic rings. The predicted molar refractivity (Wildman–Crippen MR) is 105 cm³/mol. The molecule has 3 nitrogen and oxygen atoms in total. The zero-order valence-corrected chi connectivity index (χ0v) is 15.3. The molecule has 0 unspecified atom stereocenters. The second-order valence-corrected chi connectivity index (χ2v) is 7.41. The number of piperidine rings is 1. The average Bonchev–Trinajstić information content (AvgIpc) is 2.63. The number of hydrogen-bond acceptors (Lipinski definition) is 3. The van der Waals surface area contributed by atoms with Crippen LogP contribution in [0.5, 0.6) is 0 Å². The third-order valence-corrected chi connectivity index (χ3v) is 5.40. The van der Waals surface area contributed by atoms with Gasteiger partial charge in [-0.2, -0.15) is 0 Å². The maximum Gasteiger partial charge on any atom is 0.159 e. The van der Waals surface area contributed by atoms with E-state index in [0.717, 1.165) is 30.2 Å². The Kier molecular flexibility index (Phi) is 4.16. The molecule has 1 saturated heterocycles. The highest BCUT2D eigenvalue weighted by Gasteiger charge is 2.21. The van der Waals surface area contributed by atoms with Gasteiger partial charge in [-0.3, -0.25) is 0 Å². The Bertz CT molecular complexity index is 916. The van der Waals surface area contributed by atoms with Gasteiger partial charge in [-0.1, -0.05) is 43.3 Å². The van der Waals surface area contributed by atoms with Gasteiger partial charge < -0.3 is 4.90 Å². The second-order valence-electron chi connectivity index (χ2n) is 7.41. The lowest BCUT2D eigenvalue weighted by Crippen LogP contribution is -2.35. The second kappa shape index (κ2) is 6.47. The summed E-state index contributed by atoms with van der Waals surface area (Å²) in [5, 5.41) is 11.7. The first-order valence-corrected chi connectivity index (χ1v) is 9.21. The van der Waals surface area contributed by atoms with Crippen molar-refractivity contribution in [2.24, 2.45) is 5.92 Å². The van der Waals surface area contributed by atoms with Crippen molar-refractivity contribution in [3.05, 3.63) is 53.6 Å². The van der Waals surface area contributed by atoms with Crippen LogP contribution in [0.2, 0.25) is 0 Å². The van der Waals surface area contributed by atoms with Gasteiger partial charge in [0, 0.05) is 29.4 Å². The van der Waals surface area contributed by atoms with E-state index in [1.54, 1.807) is 0 Å². The topological polar surface area (TPSA) is 29.0 Å². The Morgan fingerprint density at radius 3 is 2.52 bits per heavy atom. The summed E-state index contributed by atoms with van der Waals surface area (Å²) in [5.74, 6) is 1.75. The zero-order chi connectivity index (χ0) is 17.4. The minimum atomic E-state index is 0.716. The van der Waals surface area contributed by atoms with Crippen LogP contribution in [0.3, 0.4) is 0 Å². The molecule has 1 aromatic heterocycles. The van der Waals surface area contributed by atoms with Crippen molar-refractivity contribution in [3.63, 3.8) is 0 Å². The number of benzene rings is 2. The largest absolute Gasteiger partial charge is 0.354 e. The summed E-state index contributed by atoms with van der Waals surface area (Å²) in [6.45, 7) is 8.76. The van der Waals surface area contributed by atoms with E-state index in [2.05, 4.69) is 78.3 Å². The molecule has 1 aliphatic heterocycles. The van der Waals surface area contributed by atoms with Gasteiger partial charge in [0.1, 0.15) is 5.69 Å². The molecule has 4 rings (SSSR count). The van der Waals surface area contributed by atoms with E-state index in [4.69, 9.17) is 0 Å². The zero-order valence-electron chi connectivity index (χ0n) is 15.3. The van der Waals surface area contributed by atoms with Crippen LogP contribution in [0.25, 0.3) is 22.0 Å². The van der Waals surface area contributed by atoms with Crippen LogP contribution < -0.4 is 4.90 Å². The van der Waals surface area contributed by atoms with Crippen LogP contribution in [0.1, 0.15) is 30.9 Å². The number of aromatic nitrogens is 2. The fraction of sp³-hybridized carbons (Fsp3) is 0.364. The van der Waals surface area contributed by atoms with Gasteiger partial charge in [-0.25, -0.2) is 0 Å². The first-order valence-electron chi connectivity index (χ1n) is 9.21. The van der Waals surface area contributed by atoms with Gasteiger partial charge in [-0.15, -0.1) is 10.2 Å². The highest BCUT2D eigenvalue weighted by Crippen LogP contribution is 2.33. The van der Waals surface area contributed by atoms with Gasteiger partial charge in [-0.05, 0) is 49.8 Å². The monoisotopic (exact) mass is 331 g/mol. The number of nitrogens with zero attached hydrogens (tertiary/aromatic N) is 3. The number of anilines is 1. The van der Waals surface area contributed by atoms with Crippen molar-refractivity contribution in [1.29, 1.82) is 0 Å². The van der Waals surface area contributed by atoms with Crippen molar-refractivity contribution in [2.45, 2.75) is 33.6 Å². The van der Waals surface area contributed by atoms with Gasteiger partial charge in [0.25, 0.3) is 0 Å². The highest BCUT2D eigenvalue weighted by atomic mass is 15.3. The number of rotatable bonds is 2. The maximum atomic E-state index is 4.67. The molecule has 2 aromatic carbocycles. The van der Waals surface area contributed by atoms with Gasteiger partial charge in [0.05, 0.1) is 0 Å². The maximum absolute atomic E-state index is 4.67. The summed E-state index contributed by atoms with van der Waals surface area (Å²) in [4.78, 5) is 2.41. The predicted octanol–water partition coefficient (Wildman–Crippen LogP) is 5.15. The summed E-state index contributed by atoms with van der Waals surface area (Å²) in [6.07, 6.45) is 2.54. The molecule has 128 valence electrons. The first-order chi connectivity index (χ1) is 12.1. The summed E-state index contributed by atoms with van der Waals surface area (Å²) in [7, 11) is 0. The average molecular weight is 331 g/mol. The van der Waals surface area contributed by atoms with Gasteiger partial charge >= 0.3 is 0 Å². The molecule has 25 heavy (non-hydrogen) atoms. The summed E-state index contributed by atoms with van der Waals surface area (Å²) in [6, 6.07) is 15.1. The quantitative estimate of drug-likeness (QED) is 0.650. The van der Waals surface area contributed by atoms with Crippen LogP contribution in [-0.2, 0) is 0 Å². The molecule has 3 heteroatoms. The Hall–Kier alpha value is -2.42. The first kappa shape index (κ1) is 16.1. The molecule has 0 bridgehead atoms. The molecule has 1 fully saturated rings. The summed E-state index contributed by atoms with van der Waals surface area (Å²) >= 11 is 0. The van der Waals surface area contributed by atoms with E-state index in [1.807, 2.05) is 0 Å². The SMILES string of the molecule is Cc1ccc(-c2nnc(N3CCC[C@@H](C)C3)c3ccccc23)cc1C. The van der Waals surface area contributed by atoms with Crippen LogP contribution in [0.4, 0.5) is 5.82 Å². The molecular weight excluding hydrogens is 306 g/mol. The van der Waals surface area contributed by atoms with Crippen LogP contribution in [-0.4, -0.2) is 23.3 Å². The highest BCUT2D eigenvalue weighted by molar-refractivity contribution is 6.00. The Morgan fingerprint density at radius 2 is 1.76 bits per heavy atom. The third kappa shape index (κ3) is 2.99. The molecule has 0 amide bonds. The summed E-state index contributed by atoms with van der Waals surface area (Å²) < 4.78 is 0. The number of aryl methyl sites for hydroxylation is 2. The van der Waals surface area contributed by atoms with Crippen molar-refractivity contribution in [2.75, 3.05) is 18.0 Å². The van der Waals surface area contributed by atoms with Crippen molar-refractivity contribution in [1.82, 2.24) is 10.2 Å². The lowest BCUT2D eigenvalue weighted by Gasteiger charge is -2.32. The Balaban J connectivity index is 1.85. The minimum Gasteiger partial charge on any atom is -0.354 e. The van der Waals surface area contributed by atoms with E-state index in [0.29, 0.717) is 5.92 Å². The molecule has 0 spiro atoms. The van der Waals surface area contributed by atoms with E-state index >= 15 is 0 Å². The fourth-order valence-electron chi connectivity index (χ4n) is 3.81. The van der Waals surface area contributed by atoms with E-state index in [1.165, 1.54) is 34.7 Å². The molecule has 0 N–H and O–H groups in total. The molecule has 1 aliphatic rings. The summed E-state index contributed by atoms with van der Waals surface area (Å²) in [5.41, 5.74) is 4.72. The lowest BCUT2D eigenvalue weighted by molar-refractivity contribution is 0.444. The van der Waals surface area contributed by atoms with Crippen LogP contribution in [0, 0.1) is 19.8 Å². The minimum absolute atomic E-state index is 0.716. The standard InChI is InChI=1S/C22H25N3/c1-15-7-6-12-25(14-15)22-20-9-5-4-8-19(20)21(23-24-22)18-11-10-16(2)17(3)13-18/h4-5,8-11,13,15H,6-7,12,14H2,1-3H3/t15-/m1/s1. The lowest BCUT2D eigenvalue weighted by atomic mass is 9.98. The Labute approximate surface area is 149 Å². The molecule has 0 saturated carbocycles. The van der Waals surface area contributed by atoms with Crippen molar-refractivity contribution < 1.29 is 0 Å². The van der Waals surface area contributed by atoms with Crippen molar-refractivity contribution in [3.8, 4) is 11.3 Å². The van der Waals surface area contributed by atoms with E-state index < -0.39 is 0 Å². The number of fused-ring (bicyclic) bond motifs is 1. The van der Waals surface area contributed by atoms with E-state index in [-0.39, 0.29) is 0 Å². The number of hydrogen-bond donors (Lipinski definition) is 0. The van der Waals surface area contributed by atoms with Crippen LogP contribution in [0.15, 0.2) is 42.5 Å². The molecule has 2 heterocycles. The third-order valence-electron chi connectivity index (χ3n) is 5.40. The van der Waals surface area contributed by atoms with Crippen molar-refractivity contribution >= 4 is 16.6 Å². The van der Waals surface area contributed by atoms with Crippen LogP contribution >= 0.6 is 0 Å².